The number of nitrogens with one attached hydrogen (secondary N) is 2. The molecule has 0 aromatic heterocycles. The lowest BCUT2D eigenvalue weighted by molar-refractivity contribution is -0.127. The lowest BCUT2D eigenvalue weighted by Gasteiger charge is -2.39. The Morgan fingerprint density at radius 3 is 2.14 bits per heavy atom. The fourth-order valence-electron chi connectivity index (χ4n) is 4.54. The van der Waals surface area contributed by atoms with E-state index in [1.54, 1.807) is 13.2 Å². The van der Waals surface area contributed by atoms with Crippen LogP contribution in [0.5, 0.6) is 5.75 Å². The van der Waals surface area contributed by atoms with Crippen molar-refractivity contribution in [3.8, 4) is 5.75 Å². The highest BCUT2D eigenvalue weighted by atomic mass is 16.5. The maximum atomic E-state index is 12.3. The van der Waals surface area contributed by atoms with E-state index < -0.39 is 5.91 Å². The van der Waals surface area contributed by atoms with Crippen molar-refractivity contribution in [2.45, 2.75) is 12.5 Å². The summed E-state index contributed by atoms with van der Waals surface area (Å²) in [7, 11) is 1.59. The van der Waals surface area contributed by atoms with Crippen LogP contribution >= 0.6 is 0 Å². The molecular formula is C30H34N4O3. The maximum Gasteiger partial charge on any atom is 0.262 e. The summed E-state index contributed by atoms with van der Waals surface area (Å²) in [5.41, 5.74) is 8.36. The summed E-state index contributed by atoms with van der Waals surface area (Å²) in [6.07, 6.45) is 3.37. The van der Waals surface area contributed by atoms with Gasteiger partial charge in [-0.1, -0.05) is 72.8 Å². The number of hydrazine groups is 1. The normalized spacial score (nSPS) is 14.5. The van der Waals surface area contributed by atoms with Gasteiger partial charge in [-0.05, 0) is 34.9 Å². The molecule has 0 unspecified atom stereocenters. The number of rotatable bonds is 9. The highest BCUT2D eigenvalue weighted by molar-refractivity contribution is 5.93. The van der Waals surface area contributed by atoms with Crippen LogP contribution in [0, 0.1) is 0 Å². The molecule has 0 saturated carbocycles. The molecule has 3 aromatic carbocycles. The number of hydrogen-bond donors (Lipinski definition) is 2. The quantitative estimate of drug-likeness (QED) is 0.348. The van der Waals surface area contributed by atoms with E-state index in [0.717, 1.165) is 31.7 Å². The fourth-order valence-corrected chi connectivity index (χ4v) is 4.54. The second kappa shape index (κ2) is 13.4. The summed E-state index contributed by atoms with van der Waals surface area (Å²) in [6, 6.07) is 28.8. The Morgan fingerprint density at radius 2 is 1.51 bits per heavy atom. The largest absolute Gasteiger partial charge is 0.497 e. The molecule has 1 aliphatic heterocycles. The van der Waals surface area contributed by atoms with Crippen LogP contribution in [-0.4, -0.2) is 61.4 Å². The number of methoxy groups -OCH3 is 1. The van der Waals surface area contributed by atoms with Gasteiger partial charge in [0.05, 0.1) is 13.2 Å². The number of nitrogens with zero attached hydrogens (tertiary/aromatic N) is 2. The zero-order valence-electron chi connectivity index (χ0n) is 21.2. The smallest absolute Gasteiger partial charge is 0.262 e. The molecule has 1 saturated heterocycles. The summed E-state index contributed by atoms with van der Waals surface area (Å²) >= 11 is 0. The lowest BCUT2D eigenvalue weighted by atomic mass is 9.96. The molecule has 3 aromatic rings. The first kappa shape index (κ1) is 26.1. The number of carbonyl (C=O) groups excluding carboxylic acids is 2. The Labute approximate surface area is 218 Å². The van der Waals surface area contributed by atoms with Crippen LogP contribution in [0.1, 0.15) is 29.2 Å². The van der Waals surface area contributed by atoms with E-state index in [1.165, 1.54) is 17.2 Å². The Bertz CT molecular complexity index is 1140. The average Bonchev–Trinajstić information content (AvgIpc) is 2.96. The summed E-state index contributed by atoms with van der Waals surface area (Å²) in [6.45, 7) is 4.26. The number of piperazine rings is 1. The molecule has 7 heteroatoms. The third-order valence-electron chi connectivity index (χ3n) is 6.50. The summed E-state index contributed by atoms with van der Waals surface area (Å²) in [4.78, 5) is 29.2. The van der Waals surface area contributed by atoms with Crippen molar-refractivity contribution in [1.82, 2.24) is 20.7 Å². The zero-order valence-corrected chi connectivity index (χ0v) is 21.2. The van der Waals surface area contributed by atoms with Gasteiger partial charge >= 0.3 is 0 Å². The van der Waals surface area contributed by atoms with Crippen LogP contribution in [0.15, 0.2) is 91.0 Å². The molecule has 2 amide bonds. The summed E-state index contributed by atoms with van der Waals surface area (Å²) in [5, 5.41) is 0. The van der Waals surface area contributed by atoms with E-state index in [4.69, 9.17) is 4.74 Å². The number of ether oxygens (including phenoxy) is 1. The minimum atomic E-state index is -0.391. The van der Waals surface area contributed by atoms with Gasteiger partial charge in [0.2, 0.25) is 5.91 Å². The van der Waals surface area contributed by atoms with E-state index >= 15 is 0 Å². The van der Waals surface area contributed by atoms with Crippen molar-refractivity contribution in [1.29, 1.82) is 0 Å². The van der Waals surface area contributed by atoms with Gasteiger partial charge in [0.25, 0.3) is 5.91 Å². The molecule has 1 fully saturated rings. The zero-order chi connectivity index (χ0) is 25.9. The molecule has 0 atom stereocenters. The second-order valence-electron chi connectivity index (χ2n) is 9.00. The first-order valence-corrected chi connectivity index (χ1v) is 12.6. The molecule has 1 heterocycles. The van der Waals surface area contributed by atoms with Gasteiger partial charge in [-0.15, -0.1) is 0 Å². The van der Waals surface area contributed by atoms with Gasteiger partial charge in [0.1, 0.15) is 5.75 Å². The summed E-state index contributed by atoms with van der Waals surface area (Å²) < 4.78 is 5.18. The minimum Gasteiger partial charge on any atom is -0.497 e. The monoisotopic (exact) mass is 498 g/mol. The third kappa shape index (κ3) is 7.77. The molecule has 0 radical (unpaired) electrons. The van der Waals surface area contributed by atoms with Gasteiger partial charge in [-0.3, -0.25) is 25.3 Å². The molecule has 0 spiro atoms. The van der Waals surface area contributed by atoms with Crippen LogP contribution in [0.4, 0.5) is 0 Å². The number of benzene rings is 3. The molecule has 37 heavy (non-hydrogen) atoms. The Morgan fingerprint density at radius 1 is 0.865 bits per heavy atom. The predicted octanol–water partition coefficient (Wildman–Crippen LogP) is 3.65. The van der Waals surface area contributed by atoms with Crippen molar-refractivity contribution >= 4 is 17.9 Å². The van der Waals surface area contributed by atoms with E-state index in [1.807, 2.05) is 36.4 Å². The first-order valence-electron chi connectivity index (χ1n) is 12.6. The second-order valence-corrected chi connectivity index (χ2v) is 9.00. The van der Waals surface area contributed by atoms with Crippen molar-refractivity contribution < 1.29 is 14.3 Å². The molecule has 1 aliphatic rings. The van der Waals surface area contributed by atoms with E-state index in [9.17, 15) is 9.59 Å². The Balaban J connectivity index is 1.21. The van der Waals surface area contributed by atoms with Gasteiger partial charge in [-0.2, -0.15) is 0 Å². The third-order valence-corrected chi connectivity index (χ3v) is 6.50. The summed E-state index contributed by atoms with van der Waals surface area (Å²) in [5.74, 6) is 0.113. The standard InChI is InChI=1S/C30H34N4O3/c1-37-27-14-8-9-24(23-27)15-16-28(35)31-32-29(36)17-18-33-19-21-34(22-20-33)30(25-10-4-2-5-11-25)26-12-6-3-7-13-26/h2-16,23,30H,17-22H2,1H3,(H,31,35)(H,32,36)/b16-15+. The van der Waals surface area contributed by atoms with Crippen LogP contribution in [-0.2, 0) is 9.59 Å². The van der Waals surface area contributed by atoms with E-state index in [-0.39, 0.29) is 11.9 Å². The molecule has 0 aliphatic carbocycles. The van der Waals surface area contributed by atoms with Crippen molar-refractivity contribution in [2.24, 2.45) is 0 Å². The molecule has 7 nitrogen and oxygen atoms in total. The SMILES string of the molecule is COc1cccc(/C=C/C(=O)NNC(=O)CCN2CCN(C(c3ccccc3)c3ccccc3)CC2)c1. The van der Waals surface area contributed by atoms with E-state index in [2.05, 4.69) is 69.2 Å². The fraction of sp³-hybridized carbons (Fsp3) is 0.267. The lowest BCUT2D eigenvalue weighted by Crippen LogP contribution is -2.49. The Kier molecular flexibility index (Phi) is 9.46. The van der Waals surface area contributed by atoms with Crippen molar-refractivity contribution in [3.05, 3.63) is 108 Å². The van der Waals surface area contributed by atoms with Crippen LogP contribution in [0.25, 0.3) is 6.08 Å². The number of carbonyl (C=O) groups is 2. The van der Waals surface area contributed by atoms with Gasteiger partial charge in [-0.25, -0.2) is 0 Å². The Hall–Kier alpha value is -3.94. The highest BCUT2D eigenvalue weighted by Crippen LogP contribution is 2.29. The topological polar surface area (TPSA) is 73.9 Å². The van der Waals surface area contributed by atoms with Crippen LogP contribution in [0.2, 0.25) is 0 Å². The molecule has 4 rings (SSSR count). The maximum absolute atomic E-state index is 12.3. The first-order chi connectivity index (χ1) is 18.1. The number of hydrogen-bond acceptors (Lipinski definition) is 5. The van der Waals surface area contributed by atoms with Crippen LogP contribution in [0.3, 0.4) is 0 Å². The predicted molar refractivity (Wildman–Crippen MR) is 146 cm³/mol. The molecular weight excluding hydrogens is 464 g/mol. The molecule has 192 valence electrons. The van der Waals surface area contributed by atoms with Gasteiger partial charge in [0.15, 0.2) is 0 Å². The van der Waals surface area contributed by atoms with Crippen molar-refractivity contribution in [3.63, 3.8) is 0 Å². The number of amides is 2. The minimum absolute atomic E-state index is 0.211. The average molecular weight is 499 g/mol. The highest BCUT2D eigenvalue weighted by Gasteiger charge is 2.26. The van der Waals surface area contributed by atoms with E-state index in [0.29, 0.717) is 18.7 Å². The molecule has 2 N–H and O–H groups in total. The van der Waals surface area contributed by atoms with Crippen LogP contribution < -0.4 is 15.6 Å². The molecule has 0 bridgehead atoms. The van der Waals surface area contributed by atoms with Crippen molar-refractivity contribution in [2.75, 3.05) is 39.8 Å². The van der Waals surface area contributed by atoms with Gasteiger partial charge in [0, 0.05) is 45.2 Å². The van der Waals surface area contributed by atoms with Gasteiger partial charge < -0.3 is 9.64 Å².